The number of aromatic nitrogens is 2. The van der Waals surface area contributed by atoms with Crippen molar-refractivity contribution in [2.45, 2.75) is 19.4 Å². The third kappa shape index (κ3) is 2.34. The Labute approximate surface area is 76.5 Å². The van der Waals surface area contributed by atoms with Gasteiger partial charge in [0, 0.05) is 12.4 Å². The lowest BCUT2D eigenvalue weighted by Crippen LogP contribution is -2.28. The van der Waals surface area contributed by atoms with Crippen LogP contribution in [0, 0.1) is 12.3 Å². The predicted molar refractivity (Wildman–Crippen MR) is 47.0 cm³/mol. The Hall–Kier alpha value is -1.76. The summed E-state index contributed by atoms with van der Waals surface area (Å²) in [5.41, 5.74) is -0.888. The molecule has 0 fully saturated rings. The molecule has 0 spiro atoms. The minimum atomic E-state index is -0.888. The lowest BCUT2D eigenvalue weighted by atomic mass is 10.2. The van der Waals surface area contributed by atoms with Crippen LogP contribution in [0.3, 0.4) is 0 Å². The number of rotatable bonds is 1. The van der Waals surface area contributed by atoms with Gasteiger partial charge < -0.3 is 4.74 Å². The molecule has 13 heavy (non-hydrogen) atoms. The highest BCUT2D eigenvalue weighted by Crippen LogP contribution is 2.08. The largest absolute Gasteiger partial charge is 0.430 e. The van der Waals surface area contributed by atoms with E-state index in [2.05, 4.69) is 10.9 Å². The van der Waals surface area contributed by atoms with Crippen LogP contribution in [0.15, 0.2) is 18.7 Å². The molecule has 1 aromatic heterocycles. The molecular formula is C9H10N2O2. The second kappa shape index (κ2) is 3.31. The number of nitrogens with zero attached hydrogens (tertiary/aromatic N) is 2. The molecular weight excluding hydrogens is 168 g/mol. The fourth-order valence-corrected chi connectivity index (χ4v) is 0.668. The summed E-state index contributed by atoms with van der Waals surface area (Å²) in [6.45, 7) is 3.28. The molecule has 4 heteroatoms. The summed E-state index contributed by atoms with van der Waals surface area (Å²) in [6, 6.07) is 0. The lowest BCUT2D eigenvalue weighted by Gasteiger charge is -2.17. The molecule has 1 aromatic rings. The third-order valence-corrected chi connectivity index (χ3v) is 1.41. The summed E-state index contributed by atoms with van der Waals surface area (Å²) in [5.74, 6) is 2.36. The van der Waals surface area contributed by atoms with Gasteiger partial charge in [-0.2, -0.15) is 0 Å². The Bertz CT molecular complexity index is 333. The normalized spacial score (nSPS) is 10.5. The Morgan fingerprint density at radius 3 is 2.85 bits per heavy atom. The van der Waals surface area contributed by atoms with E-state index in [0.717, 1.165) is 0 Å². The molecule has 0 N–H and O–H groups in total. The molecule has 4 nitrogen and oxygen atoms in total. The Kier molecular flexibility index (Phi) is 2.38. The lowest BCUT2D eigenvalue weighted by molar-refractivity contribution is 0.0794. The number of hydrogen-bond donors (Lipinski definition) is 0. The summed E-state index contributed by atoms with van der Waals surface area (Å²) in [5, 5.41) is 0. The summed E-state index contributed by atoms with van der Waals surface area (Å²) < 4.78 is 6.20. The Morgan fingerprint density at radius 1 is 1.69 bits per heavy atom. The highest BCUT2D eigenvalue weighted by Gasteiger charge is 2.20. The summed E-state index contributed by atoms with van der Waals surface area (Å²) in [4.78, 5) is 15.0. The second-order valence-electron chi connectivity index (χ2n) is 2.99. The van der Waals surface area contributed by atoms with E-state index >= 15 is 0 Å². The van der Waals surface area contributed by atoms with E-state index in [-0.39, 0.29) is 0 Å². The average Bonchev–Trinajstić information content (AvgIpc) is 2.55. The van der Waals surface area contributed by atoms with Crippen molar-refractivity contribution in [3.63, 3.8) is 0 Å². The van der Waals surface area contributed by atoms with Crippen LogP contribution in [-0.2, 0) is 4.74 Å². The van der Waals surface area contributed by atoms with Gasteiger partial charge in [0.05, 0.1) is 0 Å². The van der Waals surface area contributed by atoms with Crippen LogP contribution < -0.4 is 0 Å². The molecule has 1 heterocycles. The minimum absolute atomic E-state index is 0.527. The van der Waals surface area contributed by atoms with Crippen molar-refractivity contribution in [2.75, 3.05) is 0 Å². The monoisotopic (exact) mass is 178 g/mol. The molecule has 68 valence electrons. The molecule has 0 aromatic carbocycles. The standard InChI is InChI=1S/C9H10N2O2/c1-4-9(2,3)13-8(12)11-6-5-10-7-11/h1,5-7H,2-3H3. The summed E-state index contributed by atoms with van der Waals surface area (Å²) in [7, 11) is 0. The SMILES string of the molecule is C#CC(C)(C)OC(=O)n1ccnc1. The Morgan fingerprint density at radius 2 is 2.38 bits per heavy atom. The molecule has 0 aliphatic carbocycles. The van der Waals surface area contributed by atoms with Crippen LogP contribution in [0.5, 0.6) is 0 Å². The summed E-state index contributed by atoms with van der Waals surface area (Å²) >= 11 is 0. The molecule has 0 unspecified atom stereocenters. The molecule has 0 bridgehead atoms. The number of terminal acetylenes is 1. The first-order valence-electron chi connectivity index (χ1n) is 3.74. The first-order valence-corrected chi connectivity index (χ1v) is 3.74. The van der Waals surface area contributed by atoms with Gasteiger partial charge in [0.25, 0.3) is 0 Å². The zero-order valence-electron chi connectivity index (χ0n) is 7.52. The quantitative estimate of drug-likeness (QED) is 0.608. The molecule has 0 atom stereocenters. The number of imidazole rings is 1. The average molecular weight is 178 g/mol. The van der Waals surface area contributed by atoms with Crippen LogP contribution in [0.2, 0.25) is 0 Å². The molecule has 0 saturated carbocycles. The maximum atomic E-state index is 11.3. The molecule has 0 saturated heterocycles. The first kappa shape index (κ1) is 9.33. The van der Waals surface area contributed by atoms with Gasteiger partial charge in [-0.1, -0.05) is 5.92 Å². The number of carbonyl (C=O) groups is 1. The van der Waals surface area contributed by atoms with Gasteiger partial charge >= 0.3 is 6.09 Å². The van der Waals surface area contributed by atoms with Crippen molar-refractivity contribution in [3.05, 3.63) is 18.7 Å². The van der Waals surface area contributed by atoms with E-state index in [0.29, 0.717) is 0 Å². The first-order chi connectivity index (χ1) is 6.05. The van der Waals surface area contributed by atoms with Crippen molar-refractivity contribution in [2.24, 2.45) is 0 Å². The second-order valence-corrected chi connectivity index (χ2v) is 2.99. The number of hydrogen-bond acceptors (Lipinski definition) is 3. The predicted octanol–water partition coefficient (Wildman–Crippen LogP) is 1.28. The van der Waals surface area contributed by atoms with E-state index in [4.69, 9.17) is 11.2 Å². The van der Waals surface area contributed by atoms with Crippen LogP contribution in [0.4, 0.5) is 4.79 Å². The van der Waals surface area contributed by atoms with Crippen molar-refractivity contribution >= 4 is 6.09 Å². The molecule has 0 aliphatic rings. The molecule has 0 radical (unpaired) electrons. The molecule has 0 amide bonds. The summed E-state index contributed by atoms with van der Waals surface area (Å²) in [6.07, 6.45) is 8.97. The van der Waals surface area contributed by atoms with Crippen molar-refractivity contribution in [3.8, 4) is 12.3 Å². The zero-order chi connectivity index (χ0) is 9.90. The van der Waals surface area contributed by atoms with E-state index in [1.54, 1.807) is 13.8 Å². The zero-order valence-corrected chi connectivity index (χ0v) is 7.52. The van der Waals surface area contributed by atoms with Crippen molar-refractivity contribution in [1.29, 1.82) is 0 Å². The van der Waals surface area contributed by atoms with Gasteiger partial charge in [0.2, 0.25) is 0 Å². The van der Waals surface area contributed by atoms with E-state index < -0.39 is 11.7 Å². The van der Waals surface area contributed by atoms with Crippen molar-refractivity contribution < 1.29 is 9.53 Å². The van der Waals surface area contributed by atoms with E-state index in [9.17, 15) is 4.79 Å². The van der Waals surface area contributed by atoms with Crippen LogP contribution >= 0.6 is 0 Å². The number of ether oxygens (including phenoxy) is 1. The topological polar surface area (TPSA) is 44.1 Å². The maximum absolute atomic E-state index is 11.3. The van der Waals surface area contributed by atoms with Gasteiger partial charge in [-0.15, -0.1) is 6.42 Å². The number of carbonyl (C=O) groups excluding carboxylic acids is 1. The van der Waals surface area contributed by atoms with Gasteiger partial charge in [-0.3, -0.25) is 0 Å². The van der Waals surface area contributed by atoms with Crippen molar-refractivity contribution in [1.82, 2.24) is 9.55 Å². The van der Waals surface area contributed by atoms with Crippen LogP contribution in [-0.4, -0.2) is 21.2 Å². The fourth-order valence-electron chi connectivity index (χ4n) is 0.668. The highest BCUT2D eigenvalue weighted by molar-refractivity contribution is 5.70. The van der Waals surface area contributed by atoms with E-state index in [1.165, 1.54) is 23.3 Å². The third-order valence-electron chi connectivity index (χ3n) is 1.41. The van der Waals surface area contributed by atoms with Gasteiger partial charge in [-0.05, 0) is 13.8 Å². The molecule has 0 aliphatic heterocycles. The highest BCUT2D eigenvalue weighted by atomic mass is 16.6. The maximum Gasteiger partial charge on any atom is 0.420 e. The van der Waals surface area contributed by atoms with Gasteiger partial charge in [0.1, 0.15) is 6.33 Å². The van der Waals surface area contributed by atoms with Gasteiger partial charge in [0.15, 0.2) is 5.60 Å². The Balaban J connectivity index is 2.68. The smallest absolute Gasteiger partial charge is 0.420 e. The van der Waals surface area contributed by atoms with E-state index in [1.807, 2.05) is 0 Å². The van der Waals surface area contributed by atoms with Crippen LogP contribution in [0.25, 0.3) is 0 Å². The van der Waals surface area contributed by atoms with Crippen LogP contribution in [0.1, 0.15) is 13.8 Å². The molecule has 1 rings (SSSR count). The van der Waals surface area contributed by atoms with Gasteiger partial charge in [-0.25, -0.2) is 14.3 Å². The fraction of sp³-hybridized carbons (Fsp3) is 0.333. The minimum Gasteiger partial charge on any atom is -0.430 e.